The quantitative estimate of drug-likeness (QED) is 0.260. The van der Waals surface area contributed by atoms with Crippen molar-refractivity contribution in [3.8, 4) is 0 Å². The number of halogens is 4. The van der Waals surface area contributed by atoms with E-state index < -0.39 is 35.1 Å². The average Bonchev–Trinajstić information content (AvgIpc) is 2.58. The van der Waals surface area contributed by atoms with E-state index >= 15 is 0 Å². The molecule has 6 nitrogen and oxygen atoms in total. The molecule has 0 aromatic heterocycles. The first kappa shape index (κ1) is 22.5. The van der Waals surface area contributed by atoms with Crippen molar-refractivity contribution >= 4 is 29.2 Å². The van der Waals surface area contributed by atoms with Gasteiger partial charge in [0.25, 0.3) is 5.91 Å². The molecule has 1 unspecified atom stereocenters. The molecule has 6 N–H and O–H groups in total. The Hall–Kier alpha value is -2.78. The van der Waals surface area contributed by atoms with Crippen LogP contribution in [0.15, 0.2) is 35.3 Å². The second-order valence-corrected chi connectivity index (χ2v) is 7.69. The summed E-state index contributed by atoms with van der Waals surface area (Å²) < 4.78 is 40.3. The highest BCUT2D eigenvalue weighted by Gasteiger charge is 2.20. The number of aliphatic imine (C=N–C) groups is 1. The monoisotopic (exact) mass is 427 g/mol. The average molecular weight is 428 g/mol. The van der Waals surface area contributed by atoms with Gasteiger partial charge in [0, 0.05) is 22.4 Å². The van der Waals surface area contributed by atoms with Crippen molar-refractivity contribution in [3.63, 3.8) is 0 Å². The van der Waals surface area contributed by atoms with Crippen molar-refractivity contribution in [2.24, 2.45) is 10.7 Å². The topological polar surface area (TPSA) is 106 Å². The van der Waals surface area contributed by atoms with Crippen molar-refractivity contribution in [2.45, 2.75) is 32.5 Å². The van der Waals surface area contributed by atoms with E-state index in [0.29, 0.717) is 0 Å². The zero-order valence-corrected chi connectivity index (χ0v) is 16.7. The number of nitrogens with one attached hydrogen (secondary N) is 2. The number of nitrogens with two attached hydrogens (primary N) is 2. The molecule has 10 heteroatoms. The van der Waals surface area contributed by atoms with Crippen LogP contribution in [0, 0.1) is 17.5 Å². The molecule has 0 spiro atoms. The second-order valence-electron chi connectivity index (χ2n) is 7.29. The van der Waals surface area contributed by atoms with E-state index in [4.69, 9.17) is 23.1 Å². The molecule has 0 aliphatic carbocycles. The summed E-state index contributed by atoms with van der Waals surface area (Å²) in [5, 5.41) is 5.52. The molecule has 156 valence electrons. The molecule has 1 atom stereocenters. The van der Waals surface area contributed by atoms with Crippen LogP contribution in [0.3, 0.4) is 0 Å². The van der Waals surface area contributed by atoms with Gasteiger partial charge in [0.1, 0.15) is 12.0 Å². The first-order chi connectivity index (χ1) is 13.4. The second kappa shape index (κ2) is 8.71. The summed E-state index contributed by atoms with van der Waals surface area (Å²) in [6.07, 6.45) is -1.05. The van der Waals surface area contributed by atoms with Crippen molar-refractivity contribution in [2.75, 3.05) is 5.73 Å². The van der Waals surface area contributed by atoms with Gasteiger partial charge in [-0.2, -0.15) is 4.99 Å². The summed E-state index contributed by atoms with van der Waals surface area (Å²) in [6, 6.07) is 4.95. The van der Waals surface area contributed by atoms with E-state index in [0.717, 1.165) is 24.3 Å². The third kappa shape index (κ3) is 6.10. The fourth-order valence-corrected chi connectivity index (χ4v) is 2.49. The van der Waals surface area contributed by atoms with E-state index in [-0.39, 0.29) is 27.8 Å². The predicted octanol–water partition coefficient (Wildman–Crippen LogP) is 3.47. The van der Waals surface area contributed by atoms with Gasteiger partial charge in [-0.3, -0.25) is 4.79 Å². The number of nitrogens with zero attached hydrogens (tertiary/aromatic N) is 1. The van der Waals surface area contributed by atoms with Crippen LogP contribution < -0.4 is 22.1 Å². The van der Waals surface area contributed by atoms with E-state index in [2.05, 4.69) is 15.6 Å². The molecule has 0 bridgehead atoms. The summed E-state index contributed by atoms with van der Waals surface area (Å²) in [7, 11) is 0. The van der Waals surface area contributed by atoms with Crippen molar-refractivity contribution in [1.29, 1.82) is 0 Å². The van der Waals surface area contributed by atoms with Crippen LogP contribution in [0.1, 0.15) is 42.9 Å². The zero-order valence-electron chi connectivity index (χ0n) is 16.0. The van der Waals surface area contributed by atoms with Gasteiger partial charge in [-0.15, -0.1) is 0 Å². The lowest BCUT2D eigenvalue weighted by molar-refractivity contribution is 0.100. The van der Waals surface area contributed by atoms with Crippen molar-refractivity contribution in [1.82, 2.24) is 10.6 Å². The van der Waals surface area contributed by atoms with E-state index in [9.17, 15) is 18.0 Å². The lowest BCUT2D eigenvalue weighted by Crippen LogP contribution is -2.50. The van der Waals surface area contributed by atoms with Gasteiger partial charge < -0.3 is 22.1 Å². The Morgan fingerprint density at radius 1 is 1.10 bits per heavy atom. The number of hydrogen-bond acceptors (Lipinski definition) is 3. The van der Waals surface area contributed by atoms with Crippen LogP contribution in [0.4, 0.5) is 18.9 Å². The molecule has 0 aliphatic heterocycles. The SMILES string of the molecule is CC(C)(C)N/C(=N\C(=O)c1ccc(F)c(F)c1)NC(N)c1cc(F)c(Cl)cc1N. The van der Waals surface area contributed by atoms with Gasteiger partial charge in [-0.05, 0) is 51.1 Å². The zero-order chi connectivity index (χ0) is 21.9. The highest BCUT2D eigenvalue weighted by molar-refractivity contribution is 6.31. The van der Waals surface area contributed by atoms with Gasteiger partial charge in [0.05, 0.1) is 5.02 Å². The maximum Gasteiger partial charge on any atom is 0.280 e. The smallest absolute Gasteiger partial charge is 0.280 e. The number of carbonyl (C=O) groups is 1. The number of amides is 1. The van der Waals surface area contributed by atoms with Crippen LogP contribution in [0.2, 0.25) is 5.02 Å². The lowest BCUT2D eigenvalue weighted by Gasteiger charge is -2.26. The van der Waals surface area contributed by atoms with Gasteiger partial charge in [0.2, 0.25) is 5.96 Å². The minimum absolute atomic E-state index is 0.0607. The Bertz CT molecular complexity index is 960. The van der Waals surface area contributed by atoms with Crippen LogP contribution in [-0.4, -0.2) is 17.4 Å². The van der Waals surface area contributed by atoms with Gasteiger partial charge in [0.15, 0.2) is 11.6 Å². The number of anilines is 1. The molecular formula is C19H21ClF3N5O. The highest BCUT2D eigenvalue weighted by atomic mass is 35.5. The number of hydrogen-bond donors (Lipinski definition) is 4. The Kier molecular flexibility index (Phi) is 6.76. The maximum absolute atomic E-state index is 13.8. The minimum Gasteiger partial charge on any atom is -0.398 e. The predicted molar refractivity (Wildman–Crippen MR) is 107 cm³/mol. The molecule has 2 rings (SSSR count). The van der Waals surface area contributed by atoms with Crippen molar-refractivity contribution in [3.05, 3.63) is 63.9 Å². The Labute approximate surface area is 171 Å². The molecule has 2 aromatic rings. The lowest BCUT2D eigenvalue weighted by atomic mass is 10.1. The van der Waals surface area contributed by atoms with Crippen LogP contribution in [0.5, 0.6) is 0 Å². The van der Waals surface area contributed by atoms with Crippen LogP contribution in [-0.2, 0) is 0 Å². The Balaban J connectivity index is 2.34. The third-order valence-electron chi connectivity index (χ3n) is 3.63. The molecule has 2 aromatic carbocycles. The molecule has 0 fully saturated rings. The van der Waals surface area contributed by atoms with Gasteiger partial charge >= 0.3 is 0 Å². The fourth-order valence-electron chi connectivity index (χ4n) is 2.32. The molecule has 29 heavy (non-hydrogen) atoms. The van der Waals surface area contributed by atoms with Gasteiger partial charge in [-0.25, -0.2) is 13.2 Å². The summed E-state index contributed by atoms with van der Waals surface area (Å²) in [4.78, 5) is 16.3. The maximum atomic E-state index is 13.8. The molecule has 0 saturated heterocycles. The van der Waals surface area contributed by atoms with Crippen LogP contribution in [0.25, 0.3) is 0 Å². The molecule has 0 heterocycles. The Morgan fingerprint density at radius 3 is 2.34 bits per heavy atom. The standard InChI is InChI=1S/C19H21ClF3N5O/c1-19(2,3)28-18(27-17(29)9-4-5-12(21)14(23)6-9)26-16(25)10-7-13(22)11(20)8-15(10)24/h4-8,16H,24-25H2,1-3H3,(H2,26,27,28,29). The number of guanidine groups is 1. The number of carbonyl (C=O) groups excluding carboxylic acids is 1. The summed E-state index contributed by atoms with van der Waals surface area (Å²) in [5.41, 5.74) is 11.5. The molecule has 0 saturated carbocycles. The highest BCUT2D eigenvalue weighted by Crippen LogP contribution is 2.25. The van der Waals surface area contributed by atoms with E-state index in [1.807, 2.05) is 0 Å². The molecule has 0 aliphatic rings. The number of rotatable bonds is 3. The first-order valence-corrected chi connectivity index (χ1v) is 8.88. The van der Waals surface area contributed by atoms with Crippen LogP contribution >= 0.6 is 11.6 Å². The summed E-state index contributed by atoms with van der Waals surface area (Å²) >= 11 is 5.69. The summed E-state index contributed by atoms with van der Waals surface area (Å²) in [6.45, 7) is 5.40. The summed E-state index contributed by atoms with van der Waals surface area (Å²) in [5.74, 6) is -3.88. The molecular weight excluding hydrogens is 407 g/mol. The Morgan fingerprint density at radius 2 is 1.76 bits per heavy atom. The molecule has 1 amide bonds. The third-order valence-corrected chi connectivity index (χ3v) is 3.92. The normalized spacial score (nSPS) is 13.2. The minimum atomic E-state index is -1.18. The van der Waals surface area contributed by atoms with E-state index in [1.54, 1.807) is 20.8 Å². The van der Waals surface area contributed by atoms with Gasteiger partial charge in [-0.1, -0.05) is 11.6 Å². The number of nitrogen functional groups attached to an aromatic ring is 1. The largest absolute Gasteiger partial charge is 0.398 e. The molecule has 0 radical (unpaired) electrons. The van der Waals surface area contributed by atoms with E-state index in [1.165, 1.54) is 6.07 Å². The van der Waals surface area contributed by atoms with Crippen molar-refractivity contribution < 1.29 is 18.0 Å². The fraction of sp³-hybridized carbons (Fsp3) is 0.263. The first-order valence-electron chi connectivity index (χ1n) is 8.50. The number of benzene rings is 2.